The summed E-state index contributed by atoms with van der Waals surface area (Å²) in [5.74, 6) is -0.527. The summed E-state index contributed by atoms with van der Waals surface area (Å²) in [6.07, 6.45) is 0.578. The van der Waals surface area contributed by atoms with Gasteiger partial charge in [0.1, 0.15) is 6.04 Å². The lowest BCUT2D eigenvalue weighted by Crippen LogP contribution is -2.34. The minimum absolute atomic E-state index is 0. The number of hydrogen-bond acceptors (Lipinski definition) is 2. The van der Waals surface area contributed by atoms with Gasteiger partial charge in [-0.25, -0.2) is 0 Å². The summed E-state index contributed by atoms with van der Waals surface area (Å²) in [5, 5.41) is 11.2. The van der Waals surface area contributed by atoms with E-state index in [9.17, 15) is 4.79 Å². The topological polar surface area (TPSA) is 49.3 Å². The maximum atomic E-state index is 10.5. The summed E-state index contributed by atoms with van der Waals surface area (Å²) in [4.78, 5) is 10.5. The molecular weight excluding hydrogens is 166 g/mol. The Bertz CT molecular complexity index is 133. The summed E-state index contributed by atoms with van der Waals surface area (Å²) >= 11 is 0. The predicted molar refractivity (Wildman–Crippen MR) is 47.2 cm³/mol. The van der Waals surface area contributed by atoms with E-state index in [0.29, 0.717) is 12.3 Å². The van der Waals surface area contributed by atoms with Crippen molar-refractivity contribution < 1.29 is 11.3 Å². The summed E-state index contributed by atoms with van der Waals surface area (Å²) < 4.78 is 6.80. The fourth-order valence-electron chi connectivity index (χ4n) is 0.743. The van der Waals surface area contributed by atoms with Gasteiger partial charge in [-0.15, -0.1) is 12.4 Å². The van der Waals surface area contributed by atoms with E-state index in [2.05, 4.69) is 5.32 Å². The number of halogens is 1. The Morgan fingerprint density at radius 1 is 1.73 bits per heavy atom. The molecular formula is C7H16ClNO2. The lowest BCUT2D eigenvalue weighted by Gasteiger charge is -2.12. The fourth-order valence-corrected chi connectivity index (χ4v) is 0.743. The van der Waals surface area contributed by atoms with Crippen LogP contribution in [0.25, 0.3) is 0 Å². The van der Waals surface area contributed by atoms with E-state index in [0.717, 1.165) is 0 Å². The molecule has 3 nitrogen and oxygen atoms in total. The molecule has 0 aromatic rings. The van der Waals surface area contributed by atoms with Gasteiger partial charge in [0.25, 0.3) is 0 Å². The van der Waals surface area contributed by atoms with Gasteiger partial charge in [-0.3, -0.25) is 4.79 Å². The van der Waals surface area contributed by atoms with Crippen molar-refractivity contribution in [3.8, 4) is 0 Å². The Morgan fingerprint density at radius 2 is 2.27 bits per heavy atom. The van der Waals surface area contributed by atoms with Gasteiger partial charge in [-0.05, 0) is 19.4 Å². The second kappa shape index (κ2) is 6.43. The van der Waals surface area contributed by atoms with Crippen LogP contribution in [0.1, 0.15) is 21.6 Å². The Balaban J connectivity index is 0. The Labute approximate surface area is 75.0 Å². The number of nitrogens with one attached hydrogen (secondary N) is 1. The number of hydrogen-bond donors (Lipinski definition) is 2. The molecule has 0 saturated carbocycles. The lowest BCUT2D eigenvalue weighted by molar-refractivity contribution is -0.139. The molecule has 0 saturated heterocycles. The smallest absolute Gasteiger partial charge is 0.320 e. The van der Waals surface area contributed by atoms with E-state index in [4.69, 9.17) is 6.48 Å². The first kappa shape index (κ1) is 10.7. The van der Waals surface area contributed by atoms with E-state index < -0.39 is 12.0 Å². The molecule has 0 heterocycles. The Kier molecular flexibility index (Phi) is 6.27. The average Bonchev–Trinajstić information content (AvgIpc) is 1.86. The van der Waals surface area contributed by atoms with Crippen molar-refractivity contribution >= 4 is 18.4 Å². The highest BCUT2D eigenvalue weighted by atomic mass is 35.5. The third-order valence-electron chi connectivity index (χ3n) is 1.25. The molecule has 0 amide bonds. The van der Waals surface area contributed by atoms with E-state index in [1.54, 1.807) is 0 Å². The maximum absolute atomic E-state index is 10.5. The van der Waals surface area contributed by atoms with E-state index >= 15 is 0 Å². The molecule has 68 valence electrons. The fraction of sp³-hybridized carbons (Fsp3) is 0.857. The molecule has 0 bridgehead atoms. The van der Waals surface area contributed by atoms with E-state index in [1.807, 2.05) is 13.8 Å². The van der Waals surface area contributed by atoms with Crippen LogP contribution in [0, 0.1) is 5.92 Å². The molecule has 0 aromatic carbocycles. The highest BCUT2D eigenvalue weighted by Gasteiger charge is 2.15. The standard InChI is InChI=1S/C7H15NO2.ClH/c1-5(2)4-6(8-3)7(9)10;/h5-6,8H,4H2,1-3H3,(H,9,10);1H/t6-;/m0./s1/i3D;. The second-order valence-corrected chi connectivity index (χ2v) is 2.72. The van der Waals surface area contributed by atoms with Crippen LogP contribution >= 0.6 is 12.4 Å². The van der Waals surface area contributed by atoms with Crippen LogP contribution in [0.2, 0.25) is 0 Å². The van der Waals surface area contributed by atoms with Crippen LogP contribution in [-0.2, 0) is 4.79 Å². The van der Waals surface area contributed by atoms with Crippen LogP contribution < -0.4 is 5.32 Å². The summed E-state index contributed by atoms with van der Waals surface area (Å²) in [6.45, 7) is 3.92. The van der Waals surface area contributed by atoms with Crippen molar-refractivity contribution in [2.24, 2.45) is 5.92 Å². The zero-order chi connectivity index (χ0) is 8.85. The monoisotopic (exact) mass is 182 g/mol. The minimum atomic E-state index is -0.869. The Hall–Kier alpha value is -0.280. The van der Waals surface area contributed by atoms with Gasteiger partial charge < -0.3 is 10.4 Å². The first-order valence-electron chi connectivity index (χ1n) is 4.04. The van der Waals surface area contributed by atoms with Gasteiger partial charge in [-0.2, -0.15) is 0 Å². The minimum Gasteiger partial charge on any atom is -0.480 e. The zero-order valence-corrected chi connectivity index (χ0v) is 7.65. The quantitative estimate of drug-likeness (QED) is 0.686. The molecule has 0 aliphatic rings. The molecule has 1 atom stereocenters. The first-order chi connectivity index (χ1) is 5.07. The lowest BCUT2D eigenvalue weighted by atomic mass is 10.0. The number of likely N-dealkylation sites (N-methyl/N-ethyl adjacent to an activating group) is 1. The highest BCUT2D eigenvalue weighted by molar-refractivity contribution is 5.85. The molecule has 11 heavy (non-hydrogen) atoms. The van der Waals surface area contributed by atoms with Crippen molar-refractivity contribution in [2.45, 2.75) is 26.3 Å². The molecule has 4 heteroatoms. The van der Waals surface area contributed by atoms with Crippen molar-refractivity contribution in [2.75, 3.05) is 7.02 Å². The third-order valence-corrected chi connectivity index (χ3v) is 1.25. The van der Waals surface area contributed by atoms with E-state index in [-0.39, 0.29) is 19.4 Å². The molecule has 0 aromatic heterocycles. The van der Waals surface area contributed by atoms with Crippen LogP contribution in [-0.4, -0.2) is 24.1 Å². The van der Waals surface area contributed by atoms with Crippen molar-refractivity contribution in [1.29, 1.82) is 0 Å². The van der Waals surface area contributed by atoms with Crippen LogP contribution in [0.5, 0.6) is 0 Å². The second-order valence-electron chi connectivity index (χ2n) is 2.72. The average molecular weight is 183 g/mol. The van der Waals surface area contributed by atoms with Gasteiger partial charge in [0.2, 0.25) is 0 Å². The van der Waals surface area contributed by atoms with Gasteiger partial charge in [-0.1, -0.05) is 13.8 Å². The maximum Gasteiger partial charge on any atom is 0.320 e. The number of aliphatic carboxylic acids is 1. The molecule has 0 aliphatic carbocycles. The van der Waals surface area contributed by atoms with E-state index in [1.165, 1.54) is 0 Å². The summed E-state index contributed by atoms with van der Waals surface area (Å²) in [6, 6.07) is -0.563. The van der Waals surface area contributed by atoms with Gasteiger partial charge in [0.05, 0.1) is 0 Å². The number of carboxylic acids is 1. The zero-order valence-electron chi connectivity index (χ0n) is 7.83. The number of carbonyl (C=O) groups is 1. The molecule has 2 N–H and O–H groups in total. The first-order valence-corrected chi connectivity index (χ1v) is 3.33. The van der Waals surface area contributed by atoms with Crippen molar-refractivity contribution in [1.82, 2.24) is 5.32 Å². The molecule has 0 spiro atoms. The largest absolute Gasteiger partial charge is 0.480 e. The Morgan fingerprint density at radius 3 is 2.55 bits per heavy atom. The van der Waals surface area contributed by atoms with Gasteiger partial charge in [0.15, 0.2) is 0 Å². The van der Waals surface area contributed by atoms with Crippen molar-refractivity contribution in [3.05, 3.63) is 0 Å². The van der Waals surface area contributed by atoms with Gasteiger partial charge in [0, 0.05) is 1.37 Å². The molecule has 0 rings (SSSR count). The molecule has 0 unspecified atom stereocenters. The SMILES string of the molecule is Cl.[2H]CN[C@@H](CC(C)C)C(=O)O. The van der Waals surface area contributed by atoms with Crippen LogP contribution in [0.3, 0.4) is 0 Å². The number of carboxylic acid groups (broad SMARTS) is 1. The summed E-state index contributed by atoms with van der Waals surface area (Å²) in [7, 11) is -0.0380. The summed E-state index contributed by atoms with van der Waals surface area (Å²) in [5.41, 5.74) is 0. The molecule has 0 fully saturated rings. The van der Waals surface area contributed by atoms with Crippen LogP contribution in [0.15, 0.2) is 0 Å². The molecule has 0 aliphatic heterocycles. The number of rotatable bonds is 4. The third kappa shape index (κ3) is 6.13. The van der Waals surface area contributed by atoms with Gasteiger partial charge >= 0.3 is 5.97 Å². The highest BCUT2D eigenvalue weighted by Crippen LogP contribution is 2.03. The van der Waals surface area contributed by atoms with Crippen LogP contribution in [0.4, 0.5) is 0 Å². The van der Waals surface area contributed by atoms with Crippen molar-refractivity contribution in [3.63, 3.8) is 0 Å². The molecule has 0 radical (unpaired) electrons. The predicted octanol–water partition coefficient (Wildman–Crippen LogP) is 1.13. The normalized spacial score (nSPS) is 13.5.